The van der Waals surface area contributed by atoms with Crippen LogP contribution in [-0.2, 0) is 4.79 Å². The first-order valence-corrected chi connectivity index (χ1v) is 6.55. The maximum atomic E-state index is 11.8. The van der Waals surface area contributed by atoms with Gasteiger partial charge in [0.15, 0.2) is 0 Å². The van der Waals surface area contributed by atoms with Gasteiger partial charge in [-0.3, -0.25) is 9.59 Å². The van der Waals surface area contributed by atoms with Crippen molar-refractivity contribution in [2.75, 3.05) is 5.32 Å². The molecule has 0 aromatic heterocycles. The van der Waals surface area contributed by atoms with Crippen LogP contribution in [0.3, 0.4) is 0 Å². The molecule has 1 unspecified atom stereocenters. The number of nitrogens with zero attached hydrogens (tertiary/aromatic N) is 1. The molecule has 0 aliphatic heterocycles. The summed E-state index contributed by atoms with van der Waals surface area (Å²) < 4.78 is 0. The van der Waals surface area contributed by atoms with Crippen LogP contribution in [0.4, 0.5) is 5.69 Å². The molecule has 1 aromatic rings. The Morgan fingerprint density at radius 3 is 2.48 bits per heavy atom. The predicted molar refractivity (Wildman–Crippen MR) is 80.2 cm³/mol. The third-order valence-corrected chi connectivity index (χ3v) is 2.91. The highest BCUT2D eigenvalue weighted by molar-refractivity contribution is 5.97. The molecule has 4 N–H and O–H groups in total. The lowest BCUT2D eigenvalue weighted by atomic mass is 10.2. The van der Waals surface area contributed by atoms with E-state index in [-0.39, 0.29) is 11.6 Å². The molecule has 0 saturated carbocycles. The molecule has 0 heterocycles. The molecular formula is C15H18N4O2. The standard InChI is InChI=1S/C15H18N4O2/c1-3-10(2)19-15(21)12(8-16)9-18-13-6-4-11(5-7-13)14(17)20/h4-7,9-10,18H,3H2,1-2H3,(H2,17,20)(H,19,21)/b12-9-. The number of primary amides is 1. The van der Waals surface area contributed by atoms with Crippen LogP contribution in [0.25, 0.3) is 0 Å². The summed E-state index contributed by atoms with van der Waals surface area (Å²) in [6.45, 7) is 3.81. The summed E-state index contributed by atoms with van der Waals surface area (Å²) in [6.07, 6.45) is 2.11. The molecule has 1 atom stereocenters. The van der Waals surface area contributed by atoms with Crippen LogP contribution >= 0.6 is 0 Å². The molecular weight excluding hydrogens is 268 g/mol. The normalized spacial score (nSPS) is 12.1. The number of anilines is 1. The van der Waals surface area contributed by atoms with Crippen molar-refractivity contribution in [3.05, 3.63) is 41.6 Å². The van der Waals surface area contributed by atoms with Crippen LogP contribution in [0.2, 0.25) is 0 Å². The molecule has 1 rings (SSSR count). The predicted octanol–water partition coefficient (Wildman–Crippen LogP) is 1.52. The average Bonchev–Trinajstić information content (AvgIpc) is 2.48. The molecule has 0 fully saturated rings. The third-order valence-electron chi connectivity index (χ3n) is 2.91. The van der Waals surface area contributed by atoms with Gasteiger partial charge in [-0.25, -0.2) is 0 Å². The van der Waals surface area contributed by atoms with Gasteiger partial charge in [0, 0.05) is 23.5 Å². The zero-order valence-corrected chi connectivity index (χ0v) is 12.0. The van der Waals surface area contributed by atoms with Crippen molar-refractivity contribution in [1.82, 2.24) is 5.32 Å². The van der Waals surface area contributed by atoms with E-state index in [1.165, 1.54) is 6.20 Å². The van der Waals surface area contributed by atoms with Gasteiger partial charge in [-0.05, 0) is 37.6 Å². The van der Waals surface area contributed by atoms with E-state index in [9.17, 15) is 9.59 Å². The van der Waals surface area contributed by atoms with Crippen molar-refractivity contribution in [1.29, 1.82) is 5.26 Å². The summed E-state index contributed by atoms with van der Waals surface area (Å²) in [5, 5.41) is 14.5. The van der Waals surface area contributed by atoms with E-state index in [4.69, 9.17) is 11.0 Å². The minimum Gasteiger partial charge on any atom is -0.366 e. The Balaban J connectivity index is 2.74. The fraction of sp³-hybridized carbons (Fsp3) is 0.267. The van der Waals surface area contributed by atoms with Crippen molar-refractivity contribution >= 4 is 17.5 Å². The first-order valence-electron chi connectivity index (χ1n) is 6.55. The first kappa shape index (κ1) is 16.2. The maximum Gasteiger partial charge on any atom is 0.263 e. The lowest BCUT2D eigenvalue weighted by Crippen LogP contribution is -2.33. The molecule has 110 valence electrons. The second-order valence-corrected chi connectivity index (χ2v) is 4.54. The molecule has 0 bridgehead atoms. The maximum absolute atomic E-state index is 11.8. The van der Waals surface area contributed by atoms with Crippen LogP contribution in [0.15, 0.2) is 36.0 Å². The number of nitriles is 1. The van der Waals surface area contributed by atoms with Crippen molar-refractivity contribution in [2.24, 2.45) is 5.73 Å². The zero-order chi connectivity index (χ0) is 15.8. The van der Waals surface area contributed by atoms with E-state index >= 15 is 0 Å². The number of nitrogens with one attached hydrogen (secondary N) is 2. The topological polar surface area (TPSA) is 108 Å². The van der Waals surface area contributed by atoms with Crippen molar-refractivity contribution in [3.8, 4) is 6.07 Å². The van der Waals surface area contributed by atoms with Crippen LogP contribution in [0.1, 0.15) is 30.6 Å². The van der Waals surface area contributed by atoms with E-state index in [1.54, 1.807) is 24.3 Å². The Morgan fingerprint density at radius 1 is 1.38 bits per heavy atom. The number of nitrogens with two attached hydrogens (primary N) is 1. The van der Waals surface area contributed by atoms with Gasteiger partial charge in [0.25, 0.3) is 5.91 Å². The van der Waals surface area contributed by atoms with Crippen molar-refractivity contribution < 1.29 is 9.59 Å². The summed E-state index contributed by atoms with van der Waals surface area (Å²) in [6, 6.07) is 8.24. The monoisotopic (exact) mass is 286 g/mol. The van der Waals surface area contributed by atoms with Gasteiger partial charge in [-0.1, -0.05) is 6.92 Å². The number of rotatable bonds is 6. The summed E-state index contributed by atoms with van der Waals surface area (Å²) in [7, 11) is 0. The Labute approximate surface area is 123 Å². The van der Waals surface area contributed by atoms with Gasteiger partial charge in [-0.15, -0.1) is 0 Å². The van der Waals surface area contributed by atoms with Crippen LogP contribution in [0.5, 0.6) is 0 Å². The van der Waals surface area contributed by atoms with Gasteiger partial charge in [0.1, 0.15) is 11.6 Å². The fourth-order valence-corrected chi connectivity index (χ4v) is 1.44. The quantitative estimate of drug-likeness (QED) is 0.544. The van der Waals surface area contributed by atoms with Gasteiger partial charge in [0.05, 0.1) is 0 Å². The van der Waals surface area contributed by atoms with Gasteiger partial charge >= 0.3 is 0 Å². The van der Waals surface area contributed by atoms with Crippen LogP contribution in [0, 0.1) is 11.3 Å². The Bertz CT molecular complexity index is 585. The smallest absolute Gasteiger partial charge is 0.263 e. The van der Waals surface area contributed by atoms with Crippen molar-refractivity contribution in [2.45, 2.75) is 26.3 Å². The van der Waals surface area contributed by atoms with Gasteiger partial charge in [0.2, 0.25) is 5.91 Å². The summed E-state index contributed by atoms with van der Waals surface area (Å²) in [4.78, 5) is 22.7. The summed E-state index contributed by atoms with van der Waals surface area (Å²) in [5.41, 5.74) is 6.15. The fourth-order valence-electron chi connectivity index (χ4n) is 1.44. The van der Waals surface area contributed by atoms with Crippen molar-refractivity contribution in [3.63, 3.8) is 0 Å². The number of carbonyl (C=O) groups excluding carboxylic acids is 2. The highest BCUT2D eigenvalue weighted by Crippen LogP contribution is 2.10. The second-order valence-electron chi connectivity index (χ2n) is 4.54. The zero-order valence-electron chi connectivity index (χ0n) is 12.0. The van der Waals surface area contributed by atoms with E-state index in [1.807, 2.05) is 19.9 Å². The molecule has 6 heteroatoms. The number of hydrogen-bond acceptors (Lipinski definition) is 4. The van der Waals surface area contributed by atoms with E-state index < -0.39 is 11.8 Å². The molecule has 1 aromatic carbocycles. The highest BCUT2D eigenvalue weighted by atomic mass is 16.2. The van der Waals surface area contributed by atoms with Gasteiger partial charge < -0.3 is 16.4 Å². The Kier molecular flexibility index (Phi) is 5.96. The van der Waals surface area contributed by atoms with E-state index in [0.29, 0.717) is 11.3 Å². The summed E-state index contributed by atoms with van der Waals surface area (Å²) in [5.74, 6) is -0.934. The average molecular weight is 286 g/mol. The number of hydrogen-bond donors (Lipinski definition) is 3. The molecule has 0 aliphatic rings. The Morgan fingerprint density at radius 2 is 2.00 bits per heavy atom. The minimum atomic E-state index is -0.511. The molecule has 6 nitrogen and oxygen atoms in total. The SMILES string of the molecule is CCC(C)NC(=O)/C(C#N)=C\Nc1ccc(C(N)=O)cc1. The van der Waals surface area contributed by atoms with Crippen LogP contribution in [-0.4, -0.2) is 17.9 Å². The largest absolute Gasteiger partial charge is 0.366 e. The third kappa shape index (κ3) is 4.99. The number of carbonyl (C=O) groups is 2. The van der Waals surface area contributed by atoms with E-state index in [0.717, 1.165) is 6.42 Å². The number of benzene rings is 1. The van der Waals surface area contributed by atoms with Gasteiger partial charge in [-0.2, -0.15) is 5.26 Å². The molecule has 2 amide bonds. The molecule has 21 heavy (non-hydrogen) atoms. The molecule has 0 aliphatic carbocycles. The van der Waals surface area contributed by atoms with Crippen LogP contribution < -0.4 is 16.4 Å². The second kappa shape index (κ2) is 7.70. The number of amides is 2. The minimum absolute atomic E-state index is 0.00380. The highest BCUT2D eigenvalue weighted by Gasteiger charge is 2.11. The molecule has 0 radical (unpaired) electrons. The molecule has 0 spiro atoms. The lowest BCUT2D eigenvalue weighted by molar-refractivity contribution is -0.117. The Hall–Kier alpha value is -2.81. The lowest BCUT2D eigenvalue weighted by Gasteiger charge is -2.10. The molecule has 0 saturated heterocycles. The van der Waals surface area contributed by atoms with E-state index in [2.05, 4.69) is 10.6 Å². The summed E-state index contributed by atoms with van der Waals surface area (Å²) >= 11 is 0. The first-order chi connectivity index (χ1) is 9.97.